The van der Waals surface area contributed by atoms with Crippen LogP contribution in [-0.4, -0.2) is 24.0 Å². The summed E-state index contributed by atoms with van der Waals surface area (Å²) in [6, 6.07) is 3.44. The second-order valence-electron chi connectivity index (χ2n) is 4.42. The molecule has 5 heteroatoms. The molecule has 0 aliphatic heterocycles. The topological polar surface area (TPSA) is 89.6 Å². The highest BCUT2D eigenvalue weighted by Crippen LogP contribution is 2.34. The minimum atomic E-state index is -1.12. The molecule has 1 aromatic rings. The molecule has 0 fully saturated rings. The zero-order valence-electron chi connectivity index (χ0n) is 10.6. The fourth-order valence-corrected chi connectivity index (χ4v) is 2.26. The van der Waals surface area contributed by atoms with E-state index in [9.17, 15) is 9.59 Å². The maximum Gasteiger partial charge on any atom is 0.310 e. The molecule has 0 heterocycles. The zero-order chi connectivity index (χ0) is 14.0. The van der Waals surface area contributed by atoms with Crippen molar-refractivity contribution in [1.29, 1.82) is 0 Å². The molecule has 1 unspecified atom stereocenters. The Balaban J connectivity index is 2.35. The average Bonchev–Trinajstić information content (AvgIpc) is 2.71. The molecule has 0 amide bonds. The van der Waals surface area contributed by atoms with Crippen molar-refractivity contribution in [3.63, 3.8) is 0 Å². The number of carbonyl (C=O) groups is 2. The van der Waals surface area contributed by atoms with Gasteiger partial charge >= 0.3 is 5.97 Å². The Morgan fingerprint density at radius 2 is 2.16 bits per heavy atom. The minimum absolute atomic E-state index is 0.0374. The third-order valence-electron chi connectivity index (χ3n) is 3.12. The van der Waals surface area contributed by atoms with E-state index in [0.717, 1.165) is 11.1 Å². The van der Waals surface area contributed by atoms with Crippen LogP contribution in [-0.2, 0) is 16.0 Å². The molecule has 19 heavy (non-hydrogen) atoms. The lowest BCUT2D eigenvalue weighted by Crippen LogP contribution is -2.12. The van der Waals surface area contributed by atoms with Crippen LogP contribution >= 0.6 is 0 Å². The Hall–Kier alpha value is -2.14. The van der Waals surface area contributed by atoms with Gasteiger partial charge in [0.05, 0.1) is 7.11 Å². The standard InChI is InChI=1S/C14H15NO4/c1-19-13-5-3-10-9(2-4-12(10)15)11(13)6-8(16)7-14(17)18/h2-5,12H,6-7,15H2,1H3,(H,17,18). The molecule has 5 nitrogen and oxygen atoms in total. The maximum absolute atomic E-state index is 11.7. The smallest absolute Gasteiger partial charge is 0.310 e. The molecule has 0 spiro atoms. The van der Waals surface area contributed by atoms with Crippen molar-refractivity contribution in [1.82, 2.24) is 0 Å². The predicted octanol–water partition coefficient (Wildman–Crippen LogP) is 1.31. The molecule has 1 aliphatic rings. The van der Waals surface area contributed by atoms with Gasteiger partial charge in [-0.3, -0.25) is 9.59 Å². The monoisotopic (exact) mass is 261 g/mol. The van der Waals surface area contributed by atoms with Gasteiger partial charge < -0.3 is 15.6 Å². The number of hydrogen-bond acceptors (Lipinski definition) is 4. The third kappa shape index (κ3) is 2.66. The molecular formula is C14H15NO4. The first-order valence-corrected chi connectivity index (χ1v) is 5.90. The summed E-state index contributed by atoms with van der Waals surface area (Å²) in [5.74, 6) is -0.895. The molecule has 2 rings (SSSR count). The Morgan fingerprint density at radius 1 is 1.42 bits per heavy atom. The van der Waals surface area contributed by atoms with Gasteiger partial charge in [-0.15, -0.1) is 0 Å². The largest absolute Gasteiger partial charge is 0.496 e. The number of ether oxygens (including phenoxy) is 1. The second-order valence-corrected chi connectivity index (χ2v) is 4.42. The van der Waals surface area contributed by atoms with Gasteiger partial charge in [0.25, 0.3) is 0 Å². The number of ketones is 1. The van der Waals surface area contributed by atoms with E-state index in [1.807, 2.05) is 18.2 Å². The number of carbonyl (C=O) groups excluding carboxylic acids is 1. The van der Waals surface area contributed by atoms with E-state index in [4.69, 9.17) is 15.6 Å². The fourth-order valence-electron chi connectivity index (χ4n) is 2.26. The second kappa shape index (κ2) is 5.24. The van der Waals surface area contributed by atoms with Crippen molar-refractivity contribution >= 4 is 17.8 Å². The summed E-state index contributed by atoms with van der Waals surface area (Å²) in [4.78, 5) is 22.2. The van der Waals surface area contributed by atoms with Crippen molar-refractivity contribution in [3.8, 4) is 5.75 Å². The van der Waals surface area contributed by atoms with Crippen molar-refractivity contribution in [2.45, 2.75) is 18.9 Å². The van der Waals surface area contributed by atoms with Gasteiger partial charge in [-0.25, -0.2) is 0 Å². The highest BCUT2D eigenvalue weighted by molar-refractivity contribution is 5.96. The van der Waals surface area contributed by atoms with Gasteiger partial charge in [0.15, 0.2) is 0 Å². The molecule has 0 radical (unpaired) electrons. The molecule has 0 aromatic heterocycles. The summed E-state index contributed by atoms with van der Waals surface area (Å²) >= 11 is 0. The van der Waals surface area contributed by atoms with Gasteiger partial charge in [0.1, 0.15) is 18.0 Å². The van der Waals surface area contributed by atoms with Gasteiger partial charge in [-0.2, -0.15) is 0 Å². The summed E-state index contributed by atoms with van der Waals surface area (Å²) in [6.07, 6.45) is 3.25. The Bertz CT molecular complexity index is 563. The fraction of sp³-hybridized carbons (Fsp3) is 0.286. The number of hydrogen-bond donors (Lipinski definition) is 2. The summed E-state index contributed by atoms with van der Waals surface area (Å²) in [6.45, 7) is 0. The highest BCUT2D eigenvalue weighted by atomic mass is 16.5. The number of Topliss-reactive ketones (excluding diaryl/α,β-unsaturated/α-hetero) is 1. The Labute approximate surface area is 110 Å². The third-order valence-corrected chi connectivity index (χ3v) is 3.12. The summed E-state index contributed by atoms with van der Waals surface area (Å²) in [5.41, 5.74) is 8.41. The summed E-state index contributed by atoms with van der Waals surface area (Å²) in [7, 11) is 1.52. The van der Waals surface area contributed by atoms with Gasteiger partial charge in [0, 0.05) is 18.0 Å². The van der Waals surface area contributed by atoms with E-state index < -0.39 is 12.4 Å². The Morgan fingerprint density at radius 3 is 2.79 bits per heavy atom. The van der Waals surface area contributed by atoms with E-state index in [2.05, 4.69) is 0 Å². The molecule has 1 aromatic carbocycles. The average molecular weight is 261 g/mol. The van der Waals surface area contributed by atoms with Gasteiger partial charge in [0.2, 0.25) is 0 Å². The van der Waals surface area contributed by atoms with Crippen molar-refractivity contribution in [2.75, 3.05) is 7.11 Å². The molecule has 1 atom stereocenters. The van der Waals surface area contributed by atoms with E-state index >= 15 is 0 Å². The number of fused-ring (bicyclic) bond motifs is 1. The van der Waals surface area contributed by atoms with Crippen LogP contribution in [0.5, 0.6) is 5.75 Å². The molecule has 1 aliphatic carbocycles. The first kappa shape index (κ1) is 13.3. The van der Waals surface area contributed by atoms with Crippen LogP contribution in [0.3, 0.4) is 0 Å². The van der Waals surface area contributed by atoms with Crippen molar-refractivity contribution in [3.05, 3.63) is 34.9 Å². The summed E-state index contributed by atoms with van der Waals surface area (Å²) in [5, 5.41) is 8.64. The van der Waals surface area contributed by atoms with Gasteiger partial charge in [-0.1, -0.05) is 18.2 Å². The number of carboxylic acids is 1. The van der Waals surface area contributed by atoms with Crippen LogP contribution in [0.15, 0.2) is 18.2 Å². The van der Waals surface area contributed by atoms with Crippen LogP contribution in [0.2, 0.25) is 0 Å². The first-order valence-electron chi connectivity index (χ1n) is 5.90. The molecule has 0 bridgehead atoms. The molecule has 0 saturated carbocycles. The minimum Gasteiger partial charge on any atom is -0.496 e. The number of nitrogens with two attached hydrogens (primary N) is 1. The zero-order valence-corrected chi connectivity index (χ0v) is 10.6. The van der Waals surface area contributed by atoms with Gasteiger partial charge in [-0.05, 0) is 17.2 Å². The van der Waals surface area contributed by atoms with Crippen LogP contribution in [0.25, 0.3) is 6.08 Å². The Kier molecular flexibility index (Phi) is 3.66. The van der Waals surface area contributed by atoms with E-state index in [0.29, 0.717) is 11.3 Å². The van der Waals surface area contributed by atoms with E-state index in [-0.39, 0.29) is 18.2 Å². The molecule has 100 valence electrons. The number of carboxylic acid groups (broad SMARTS) is 1. The predicted molar refractivity (Wildman–Crippen MR) is 69.9 cm³/mol. The maximum atomic E-state index is 11.7. The van der Waals surface area contributed by atoms with Crippen LogP contribution in [0.4, 0.5) is 0 Å². The summed E-state index contributed by atoms with van der Waals surface area (Å²) < 4.78 is 5.24. The molecule has 3 N–H and O–H groups in total. The molecular weight excluding hydrogens is 246 g/mol. The lowest BCUT2D eigenvalue weighted by atomic mass is 9.96. The van der Waals surface area contributed by atoms with Crippen LogP contribution in [0, 0.1) is 0 Å². The van der Waals surface area contributed by atoms with Crippen molar-refractivity contribution < 1.29 is 19.4 Å². The highest BCUT2D eigenvalue weighted by Gasteiger charge is 2.21. The van der Waals surface area contributed by atoms with E-state index in [1.165, 1.54) is 7.11 Å². The van der Waals surface area contributed by atoms with Crippen LogP contribution < -0.4 is 10.5 Å². The SMILES string of the molecule is COc1ccc2c(c1CC(=O)CC(=O)O)C=CC2N. The number of benzene rings is 1. The first-order chi connectivity index (χ1) is 9.02. The van der Waals surface area contributed by atoms with Crippen molar-refractivity contribution in [2.24, 2.45) is 5.73 Å². The lowest BCUT2D eigenvalue weighted by Gasteiger charge is -2.13. The molecule has 0 saturated heterocycles. The van der Waals surface area contributed by atoms with E-state index in [1.54, 1.807) is 6.07 Å². The lowest BCUT2D eigenvalue weighted by molar-refractivity contribution is -0.140. The number of methoxy groups -OCH3 is 1. The number of aliphatic carboxylic acids is 1. The number of rotatable bonds is 5. The normalized spacial score (nSPS) is 16.2. The van der Waals surface area contributed by atoms with Crippen LogP contribution in [0.1, 0.15) is 29.2 Å². The quantitative estimate of drug-likeness (QED) is 0.780.